The van der Waals surface area contributed by atoms with Crippen molar-refractivity contribution in [2.24, 2.45) is 0 Å². The van der Waals surface area contributed by atoms with Gasteiger partial charge in [-0.05, 0) is 17.7 Å². The molecular formula is C14H22ClNO3. The first kappa shape index (κ1) is 16.2. The highest BCUT2D eigenvalue weighted by molar-refractivity contribution is 6.32. The van der Waals surface area contributed by atoms with Crippen LogP contribution in [0, 0.1) is 0 Å². The molecule has 0 aromatic heterocycles. The number of hydrogen-bond donors (Lipinski definition) is 1. The molecule has 0 fully saturated rings. The number of halogens is 1. The zero-order chi connectivity index (χ0) is 13.9. The van der Waals surface area contributed by atoms with E-state index in [1.165, 1.54) is 0 Å². The molecule has 0 saturated carbocycles. The van der Waals surface area contributed by atoms with E-state index in [-0.39, 0.29) is 0 Å². The maximum atomic E-state index is 6.17. The second-order valence-corrected chi connectivity index (χ2v) is 4.54. The third-order valence-electron chi connectivity index (χ3n) is 2.56. The summed E-state index contributed by atoms with van der Waals surface area (Å²) in [6, 6.07) is 5.84. The van der Waals surface area contributed by atoms with E-state index in [0.29, 0.717) is 24.8 Å². The molecule has 0 heterocycles. The van der Waals surface area contributed by atoms with Crippen LogP contribution in [0.15, 0.2) is 18.2 Å². The molecular weight excluding hydrogens is 266 g/mol. The van der Waals surface area contributed by atoms with Gasteiger partial charge in [-0.15, -0.1) is 0 Å². The van der Waals surface area contributed by atoms with E-state index in [4.69, 9.17) is 25.8 Å². The van der Waals surface area contributed by atoms with Crippen LogP contribution in [0.4, 0.5) is 0 Å². The van der Waals surface area contributed by atoms with Crippen LogP contribution in [-0.4, -0.2) is 40.6 Å². The molecule has 0 aliphatic heterocycles. The molecule has 1 aromatic rings. The minimum Gasteiger partial charge on any atom is -0.492 e. The Balaban J connectivity index is 2.36. The van der Waals surface area contributed by atoms with Crippen LogP contribution in [0.5, 0.6) is 5.75 Å². The summed E-state index contributed by atoms with van der Waals surface area (Å²) in [6.07, 6.45) is 0.854. The van der Waals surface area contributed by atoms with Crippen LogP contribution >= 0.6 is 11.6 Å². The summed E-state index contributed by atoms with van der Waals surface area (Å²) in [5.41, 5.74) is 1.13. The van der Waals surface area contributed by atoms with E-state index in [1.54, 1.807) is 14.2 Å². The van der Waals surface area contributed by atoms with Crippen LogP contribution < -0.4 is 10.1 Å². The van der Waals surface area contributed by atoms with Gasteiger partial charge in [0, 0.05) is 40.3 Å². The average Bonchev–Trinajstić information content (AvgIpc) is 2.42. The fourth-order valence-electron chi connectivity index (χ4n) is 1.56. The maximum absolute atomic E-state index is 6.17. The maximum Gasteiger partial charge on any atom is 0.137 e. The summed E-state index contributed by atoms with van der Waals surface area (Å²) < 4.78 is 15.5. The third-order valence-corrected chi connectivity index (χ3v) is 2.85. The van der Waals surface area contributed by atoms with Crippen molar-refractivity contribution in [2.45, 2.75) is 13.0 Å². The Morgan fingerprint density at radius 1 is 1.11 bits per heavy atom. The molecule has 4 nitrogen and oxygen atoms in total. The van der Waals surface area contributed by atoms with E-state index in [1.807, 2.05) is 18.2 Å². The van der Waals surface area contributed by atoms with Gasteiger partial charge < -0.3 is 19.5 Å². The molecule has 19 heavy (non-hydrogen) atoms. The fourth-order valence-corrected chi connectivity index (χ4v) is 1.82. The first-order chi connectivity index (χ1) is 9.27. The molecule has 0 aliphatic rings. The predicted molar refractivity (Wildman–Crippen MR) is 77.0 cm³/mol. The average molecular weight is 288 g/mol. The molecule has 0 radical (unpaired) electrons. The Hall–Kier alpha value is -0.810. The fraction of sp³-hybridized carbons (Fsp3) is 0.571. The molecule has 0 aliphatic carbocycles. The minimum atomic E-state index is 0.610. The molecule has 0 atom stereocenters. The summed E-state index contributed by atoms with van der Waals surface area (Å²) in [5.74, 6) is 0.721. The van der Waals surface area contributed by atoms with Gasteiger partial charge in [0.05, 0.1) is 18.2 Å². The zero-order valence-corrected chi connectivity index (χ0v) is 12.3. The van der Waals surface area contributed by atoms with Crippen molar-refractivity contribution in [3.8, 4) is 5.75 Å². The monoisotopic (exact) mass is 287 g/mol. The molecule has 5 heteroatoms. The first-order valence-corrected chi connectivity index (χ1v) is 6.75. The molecule has 0 unspecified atom stereocenters. The minimum absolute atomic E-state index is 0.610. The van der Waals surface area contributed by atoms with Gasteiger partial charge in [-0.2, -0.15) is 0 Å². The van der Waals surface area contributed by atoms with Crippen LogP contribution in [0.3, 0.4) is 0 Å². The van der Waals surface area contributed by atoms with Gasteiger partial charge in [0.25, 0.3) is 0 Å². The second kappa shape index (κ2) is 10.0. The second-order valence-electron chi connectivity index (χ2n) is 4.13. The molecule has 0 spiro atoms. The lowest BCUT2D eigenvalue weighted by atomic mass is 10.2. The number of hydrogen-bond acceptors (Lipinski definition) is 4. The van der Waals surface area contributed by atoms with Crippen molar-refractivity contribution < 1.29 is 14.2 Å². The Labute approximate surface area is 120 Å². The highest BCUT2D eigenvalue weighted by Crippen LogP contribution is 2.25. The SMILES string of the molecule is COCCCOc1ccc(CNCCOC)cc1Cl. The Morgan fingerprint density at radius 2 is 1.89 bits per heavy atom. The van der Waals surface area contributed by atoms with Gasteiger partial charge in [0.15, 0.2) is 0 Å². The van der Waals surface area contributed by atoms with Gasteiger partial charge >= 0.3 is 0 Å². The topological polar surface area (TPSA) is 39.7 Å². The first-order valence-electron chi connectivity index (χ1n) is 6.37. The highest BCUT2D eigenvalue weighted by Gasteiger charge is 2.03. The molecule has 1 rings (SSSR count). The number of nitrogens with one attached hydrogen (secondary N) is 1. The van der Waals surface area contributed by atoms with Crippen molar-refractivity contribution in [2.75, 3.05) is 40.6 Å². The Bertz CT molecular complexity index is 361. The van der Waals surface area contributed by atoms with Crippen LogP contribution in [0.1, 0.15) is 12.0 Å². The van der Waals surface area contributed by atoms with Crippen LogP contribution in [0.2, 0.25) is 5.02 Å². The standard InChI is InChI=1S/C14H22ClNO3/c1-17-7-3-8-19-14-5-4-12(10-13(14)15)11-16-6-9-18-2/h4-5,10,16H,3,6-9,11H2,1-2H3. The third kappa shape index (κ3) is 6.78. The molecule has 0 saturated heterocycles. The normalized spacial score (nSPS) is 10.7. The van der Waals surface area contributed by atoms with Gasteiger partial charge in [0.1, 0.15) is 5.75 Å². The number of rotatable bonds is 10. The van der Waals surface area contributed by atoms with Crippen molar-refractivity contribution in [3.05, 3.63) is 28.8 Å². The van der Waals surface area contributed by atoms with Gasteiger partial charge in [0.2, 0.25) is 0 Å². The van der Waals surface area contributed by atoms with Crippen LogP contribution in [-0.2, 0) is 16.0 Å². The lowest BCUT2D eigenvalue weighted by Gasteiger charge is -2.10. The van der Waals surface area contributed by atoms with Gasteiger partial charge in [-0.1, -0.05) is 17.7 Å². The summed E-state index contributed by atoms with van der Waals surface area (Å²) >= 11 is 6.17. The summed E-state index contributed by atoms with van der Waals surface area (Å²) in [7, 11) is 3.37. The molecule has 108 valence electrons. The van der Waals surface area contributed by atoms with E-state index in [0.717, 1.165) is 30.8 Å². The summed E-state index contributed by atoms with van der Waals surface area (Å²) in [4.78, 5) is 0. The Kier molecular flexibility index (Phi) is 8.58. The Morgan fingerprint density at radius 3 is 2.58 bits per heavy atom. The molecule has 0 bridgehead atoms. The van der Waals surface area contributed by atoms with Crippen molar-refractivity contribution in [1.82, 2.24) is 5.32 Å². The number of methoxy groups -OCH3 is 2. The molecule has 0 amide bonds. The summed E-state index contributed by atoms with van der Waals surface area (Å²) in [5, 5.41) is 3.91. The largest absolute Gasteiger partial charge is 0.492 e. The smallest absolute Gasteiger partial charge is 0.137 e. The van der Waals surface area contributed by atoms with E-state index >= 15 is 0 Å². The van der Waals surface area contributed by atoms with E-state index < -0.39 is 0 Å². The van der Waals surface area contributed by atoms with Crippen molar-refractivity contribution in [3.63, 3.8) is 0 Å². The van der Waals surface area contributed by atoms with Gasteiger partial charge in [-0.25, -0.2) is 0 Å². The van der Waals surface area contributed by atoms with Crippen LogP contribution in [0.25, 0.3) is 0 Å². The lowest BCUT2D eigenvalue weighted by Crippen LogP contribution is -2.18. The summed E-state index contributed by atoms with van der Waals surface area (Å²) in [6.45, 7) is 3.60. The van der Waals surface area contributed by atoms with Gasteiger partial charge in [-0.3, -0.25) is 0 Å². The van der Waals surface area contributed by atoms with E-state index in [2.05, 4.69) is 5.32 Å². The van der Waals surface area contributed by atoms with Crippen molar-refractivity contribution >= 4 is 11.6 Å². The van der Waals surface area contributed by atoms with Crippen molar-refractivity contribution in [1.29, 1.82) is 0 Å². The number of benzene rings is 1. The lowest BCUT2D eigenvalue weighted by molar-refractivity contribution is 0.172. The zero-order valence-electron chi connectivity index (χ0n) is 11.6. The quantitative estimate of drug-likeness (QED) is 0.671. The molecule has 1 N–H and O–H groups in total. The predicted octanol–water partition coefficient (Wildman–Crippen LogP) is 2.49. The number of ether oxygens (including phenoxy) is 3. The highest BCUT2D eigenvalue weighted by atomic mass is 35.5. The molecule has 1 aromatic carbocycles. The van der Waals surface area contributed by atoms with E-state index in [9.17, 15) is 0 Å².